The highest BCUT2D eigenvalue weighted by Gasteiger charge is 2.48. The predicted octanol–water partition coefficient (Wildman–Crippen LogP) is 17.6. The van der Waals surface area contributed by atoms with E-state index in [-0.39, 0.29) is 10.8 Å². The summed E-state index contributed by atoms with van der Waals surface area (Å²) in [6, 6.07) is 80.4. The van der Waals surface area contributed by atoms with Gasteiger partial charge in [-0.3, -0.25) is 0 Å². The van der Waals surface area contributed by atoms with Crippen molar-refractivity contribution >= 4 is 59.3 Å². The fourth-order valence-corrected chi connectivity index (χ4v) is 13.9. The highest BCUT2D eigenvalue weighted by Crippen LogP contribution is 2.60. The van der Waals surface area contributed by atoms with Crippen LogP contribution in [0, 0.1) is 0 Å². The number of hydrogen-bond donors (Lipinski definition) is 0. The summed E-state index contributed by atoms with van der Waals surface area (Å²) in [6.45, 7) is 4.79. The largest absolute Gasteiger partial charge is 0.310 e. The van der Waals surface area contributed by atoms with Crippen LogP contribution in [0.5, 0.6) is 0 Å². The first-order chi connectivity index (χ1) is 32.5. The van der Waals surface area contributed by atoms with Crippen molar-refractivity contribution in [2.75, 3.05) is 4.90 Å². The Bertz CT molecular complexity index is 3830. The summed E-state index contributed by atoms with van der Waals surface area (Å²) in [7, 11) is 0. The van der Waals surface area contributed by atoms with E-state index in [9.17, 15) is 0 Å². The minimum atomic E-state index is -0.208. The number of thiophene rings is 1. The van der Waals surface area contributed by atoms with E-state index in [4.69, 9.17) is 0 Å². The van der Waals surface area contributed by atoms with Crippen LogP contribution in [0.3, 0.4) is 0 Å². The smallest absolute Gasteiger partial charge is 0.0540 e. The Balaban J connectivity index is 1.02. The Morgan fingerprint density at radius 1 is 0.439 bits per heavy atom. The van der Waals surface area contributed by atoms with Crippen LogP contribution in [0.2, 0.25) is 0 Å². The van der Waals surface area contributed by atoms with Gasteiger partial charge in [-0.15, -0.1) is 11.3 Å². The second-order valence-corrected chi connectivity index (χ2v) is 20.1. The van der Waals surface area contributed by atoms with Crippen molar-refractivity contribution in [1.82, 2.24) is 0 Å². The van der Waals surface area contributed by atoms with Gasteiger partial charge in [0.2, 0.25) is 0 Å². The van der Waals surface area contributed by atoms with Gasteiger partial charge in [0.1, 0.15) is 0 Å². The van der Waals surface area contributed by atoms with Gasteiger partial charge in [-0.05, 0) is 132 Å². The molecule has 1 nitrogen and oxygen atoms in total. The van der Waals surface area contributed by atoms with Crippen LogP contribution in [0.1, 0.15) is 53.6 Å². The van der Waals surface area contributed by atoms with Crippen LogP contribution in [0.15, 0.2) is 212 Å². The zero-order valence-electron chi connectivity index (χ0n) is 37.0. The summed E-state index contributed by atoms with van der Waals surface area (Å²) in [5, 5.41) is 5.22. The van der Waals surface area contributed by atoms with Crippen molar-refractivity contribution in [3.05, 3.63) is 246 Å². The van der Waals surface area contributed by atoms with E-state index >= 15 is 0 Å². The van der Waals surface area contributed by atoms with Gasteiger partial charge < -0.3 is 4.90 Å². The van der Waals surface area contributed by atoms with E-state index < -0.39 is 0 Å². The summed E-state index contributed by atoms with van der Waals surface area (Å²) in [5.41, 5.74) is 22.0. The standard InChI is InChI=1S/C64H45NS/c1-63(2)55-28-10-6-22-48(55)52-26-14-24-45(61(52)63)42-18-13-19-43(38-42)65(44-33-35-49-47-21-7-11-29-56(47)64(57(49)39-44)37-36-41-17-4-9-27-54(41)64)58-30-12-8-23-50(58)51-25-15-31-59-60(51)53-34-32-40-16-3-5-20-46(40)62(53)66-59/h3-35,38-39H,36-37H2,1-2H3. The predicted molar refractivity (Wildman–Crippen MR) is 280 cm³/mol. The van der Waals surface area contributed by atoms with Gasteiger partial charge in [0.15, 0.2) is 0 Å². The van der Waals surface area contributed by atoms with Crippen LogP contribution in [0.25, 0.3) is 75.5 Å². The van der Waals surface area contributed by atoms with E-state index in [2.05, 4.69) is 231 Å². The van der Waals surface area contributed by atoms with Crippen molar-refractivity contribution in [2.24, 2.45) is 0 Å². The van der Waals surface area contributed by atoms with E-state index in [1.165, 1.54) is 109 Å². The maximum Gasteiger partial charge on any atom is 0.0540 e. The Kier molecular flexibility index (Phi) is 8.02. The van der Waals surface area contributed by atoms with Gasteiger partial charge >= 0.3 is 0 Å². The summed E-state index contributed by atoms with van der Waals surface area (Å²) < 4.78 is 2.65. The van der Waals surface area contributed by atoms with Gasteiger partial charge in [-0.25, -0.2) is 0 Å². The van der Waals surface area contributed by atoms with Gasteiger partial charge in [0, 0.05) is 47.9 Å². The fraction of sp³-hybridized carbons (Fsp3) is 0.0938. The van der Waals surface area contributed by atoms with Gasteiger partial charge in [-0.2, -0.15) is 0 Å². The Morgan fingerprint density at radius 3 is 1.98 bits per heavy atom. The number of rotatable bonds is 5. The molecule has 1 atom stereocenters. The summed E-state index contributed by atoms with van der Waals surface area (Å²) in [4.78, 5) is 2.56. The van der Waals surface area contributed by atoms with Crippen LogP contribution in [-0.2, 0) is 17.3 Å². The maximum atomic E-state index is 2.56. The summed E-state index contributed by atoms with van der Waals surface area (Å²) >= 11 is 1.91. The first-order valence-corrected chi connectivity index (χ1v) is 24.2. The molecule has 14 rings (SSSR count). The molecule has 3 aliphatic rings. The molecule has 0 radical (unpaired) electrons. The summed E-state index contributed by atoms with van der Waals surface area (Å²) in [6.07, 6.45) is 2.13. The molecule has 1 unspecified atom stereocenters. The number of hydrogen-bond acceptors (Lipinski definition) is 2. The fourth-order valence-electron chi connectivity index (χ4n) is 12.7. The van der Waals surface area contributed by atoms with Crippen LogP contribution >= 0.6 is 11.3 Å². The molecule has 312 valence electrons. The number of aryl methyl sites for hydroxylation is 1. The molecule has 1 spiro atoms. The van der Waals surface area contributed by atoms with E-state index in [0.29, 0.717) is 0 Å². The molecular formula is C64H45NS. The first kappa shape index (κ1) is 37.8. The molecule has 0 aliphatic heterocycles. The molecule has 0 bridgehead atoms. The van der Waals surface area contributed by atoms with Crippen molar-refractivity contribution in [3.63, 3.8) is 0 Å². The zero-order valence-corrected chi connectivity index (χ0v) is 37.8. The number of fused-ring (bicyclic) bond motifs is 15. The van der Waals surface area contributed by atoms with E-state index in [1.807, 2.05) is 11.3 Å². The normalized spacial score (nSPS) is 16.1. The average Bonchev–Trinajstić information content (AvgIpc) is 4.10. The van der Waals surface area contributed by atoms with Crippen molar-refractivity contribution in [2.45, 2.75) is 37.5 Å². The first-order valence-electron chi connectivity index (χ1n) is 23.4. The molecule has 10 aromatic carbocycles. The third-order valence-electron chi connectivity index (χ3n) is 15.5. The molecule has 0 amide bonds. The van der Waals surface area contributed by atoms with Gasteiger partial charge in [-0.1, -0.05) is 190 Å². The third kappa shape index (κ3) is 5.16. The molecule has 11 aromatic rings. The number of anilines is 3. The molecule has 0 N–H and O–H groups in total. The second kappa shape index (κ2) is 14.0. The molecule has 0 saturated heterocycles. The lowest BCUT2D eigenvalue weighted by Gasteiger charge is -2.32. The molecule has 0 saturated carbocycles. The topological polar surface area (TPSA) is 3.24 Å². The Morgan fingerprint density at radius 2 is 1.09 bits per heavy atom. The molecule has 3 aliphatic carbocycles. The van der Waals surface area contributed by atoms with Crippen molar-refractivity contribution in [1.29, 1.82) is 0 Å². The third-order valence-corrected chi connectivity index (χ3v) is 16.7. The van der Waals surface area contributed by atoms with Crippen molar-refractivity contribution in [3.8, 4) is 44.5 Å². The Hall–Kier alpha value is -7.52. The van der Waals surface area contributed by atoms with Crippen LogP contribution in [0.4, 0.5) is 17.1 Å². The van der Waals surface area contributed by atoms with Gasteiger partial charge in [0.25, 0.3) is 0 Å². The second-order valence-electron chi connectivity index (χ2n) is 19.1. The molecular weight excluding hydrogens is 815 g/mol. The minimum Gasteiger partial charge on any atom is -0.310 e. The lowest BCUT2D eigenvalue weighted by atomic mass is 9.73. The number of nitrogens with zero attached hydrogens (tertiary/aromatic N) is 1. The number of benzene rings is 10. The quantitative estimate of drug-likeness (QED) is 0.167. The van der Waals surface area contributed by atoms with E-state index in [0.717, 1.165) is 29.9 Å². The minimum absolute atomic E-state index is 0.140. The maximum absolute atomic E-state index is 2.56. The zero-order chi connectivity index (χ0) is 43.7. The SMILES string of the molecule is CC1(C)c2ccccc2-c2cccc(-c3cccc(N(c4ccc5c(c4)C4(CCc6ccccc64)c4ccccc4-5)c4ccccc4-c4cccc5sc6c7ccccc7ccc6c45)c3)c21. The number of para-hydroxylation sites is 1. The highest BCUT2D eigenvalue weighted by atomic mass is 32.1. The molecule has 1 heterocycles. The molecule has 2 heteroatoms. The lowest BCUT2D eigenvalue weighted by molar-refractivity contribution is 0.626. The Labute approximate surface area is 389 Å². The van der Waals surface area contributed by atoms with E-state index in [1.54, 1.807) is 0 Å². The van der Waals surface area contributed by atoms with Crippen LogP contribution < -0.4 is 4.90 Å². The average molecular weight is 860 g/mol. The monoisotopic (exact) mass is 859 g/mol. The summed E-state index contributed by atoms with van der Waals surface area (Å²) in [5.74, 6) is 0. The van der Waals surface area contributed by atoms with Gasteiger partial charge in [0.05, 0.1) is 5.69 Å². The van der Waals surface area contributed by atoms with Crippen LogP contribution in [-0.4, -0.2) is 0 Å². The molecule has 0 fully saturated rings. The molecule has 1 aromatic heterocycles. The van der Waals surface area contributed by atoms with Crippen molar-refractivity contribution < 1.29 is 0 Å². The lowest BCUT2D eigenvalue weighted by Crippen LogP contribution is -2.24. The highest BCUT2D eigenvalue weighted by molar-refractivity contribution is 7.26. The molecule has 66 heavy (non-hydrogen) atoms.